The molecule has 0 aliphatic heterocycles. The summed E-state index contributed by atoms with van der Waals surface area (Å²) in [5.41, 5.74) is 1.21. The van der Waals surface area contributed by atoms with Crippen LogP contribution in [-0.2, 0) is 0 Å². The number of alkyl halides is 3. The maximum Gasteiger partial charge on any atom is 0.573 e. The Bertz CT molecular complexity index is 573. The van der Waals surface area contributed by atoms with Gasteiger partial charge in [-0.05, 0) is 36.4 Å². The van der Waals surface area contributed by atoms with Gasteiger partial charge in [-0.15, -0.1) is 13.2 Å². The molecule has 0 bridgehead atoms. The van der Waals surface area contributed by atoms with Crippen molar-refractivity contribution in [3.8, 4) is 11.4 Å². The van der Waals surface area contributed by atoms with Crippen molar-refractivity contribution in [2.24, 2.45) is 5.16 Å². The van der Waals surface area contributed by atoms with Gasteiger partial charge in [-0.3, -0.25) is 0 Å². The summed E-state index contributed by atoms with van der Waals surface area (Å²) >= 11 is 0. The Labute approximate surface area is 106 Å². The van der Waals surface area contributed by atoms with E-state index in [1.54, 1.807) is 22.9 Å². The van der Waals surface area contributed by atoms with Gasteiger partial charge < -0.3 is 14.5 Å². The molecule has 0 radical (unpaired) electrons. The van der Waals surface area contributed by atoms with E-state index < -0.39 is 6.36 Å². The summed E-state index contributed by atoms with van der Waals surface area (Å²) in [5, 5.41) is 11.4. The molecular weight excluding hydrogens is 261 g/mol. The quantitative estimate of drug-likeness (QED) is 0.529. The lowest BCUT2D eigenvalue weighted by Gasteiger charge is -2.10. The molecule has 0 amide bonds. The molecule has 1 aromatic heterocycles. The van der Waals surface area contributed by atoms with Crippen LogP contribution in [0.4, 0.5) is 13.2 Å². The zero-order valence-electron chi connectivity index (χ0n) is 9.50. The number of halogens is 3. The lowest BCUT2D eigenvalue weighted by atomic mass is 10.3. The van der Waals surface area contributed by atoms with Crippen molar-refractivity contribution in [2.45, 2.75) is 6.36 Å². The van der Waals surface area contributed by atoms with Crippen LogP contribution in [0.3, 0.4) is 0 Å². The van der Waals surface area contributed by atoms with Gasteiger partial charge in [-0.2, -0.15) is 0 Å². The summed E-state index contributed by atoms with van der Waals surface area (Å²) < 4.78 is 41.4. The van der Waals surface area contributed by atoms with Crippen molar-refractivity contribution in [3.05, 3.63) is 48.3 Å². The Hall–Kier alpha value is -2.44. The molecule has 2 rings (SSSR count). The van der Waals surface area contributed by atoms with Crippen LogP contribution in [0.5, 0.6) is 5.75 Å². The van der Waals surface area contributed by atoms with Crippen LogP contribution in [0.25, 0.3) is 5.69 Å². The van der Waals surface area contributed by atoms with E-state index in [0.29, 0.717) is 11.4 Å². The number of hydrogen-bond donors (Lipinski definition) is 1. The highest BCUT2D eigenvalue weighted by atomic mass is 19.4. The fourth-order valence-corrected chi connectivity index (χ4v) is 1.60. The number of aromatic nitrogens is 1. The van der Waals surface area contributed by atoms with Gasteiger partial charge in [0.05, 0.1) is 11.9 Å². The maximum absolute atomic E-state index is 12.0. The Balaban J connectivity index is 2.25. The van der Waals surface area contributed by atoms with E-state index in [4.69, 9.17) is 5.21 Å². The molecule has 0 fully saturated rings. The second-order valence-electron chi connectivity index (χ2n) is 3.59. The van der Waals surface area contributed by atoms with Crippen LogP contribution >= 0.6 is 0 Å². The standard InChI is InChI=1S/C12H9F3N2O2/c13-12(14,15)19-11-5-3-9(4-6-11)17-7-1-2-10(17)8-16-18/h1-8,18H/b16-8-. The zero-order valence-corrected chi connectivity index (χ0v) is 9.50. The Morgan fingerprint density at radius 2 is 1.84 bits per heavy atom. The molecular formula is C12H9F3N2O2. The zero-order chi connectivity index (χ0) is 13.9. The van der Waals surface area contributed by atoms with E-state index >= 15 is 0 Å². The fraction of sp³-hybridized carbons (Fsp3) is 0.0833. The molecule has 0 aliphatic rings. The highest BCUT2D eigenvalue weighted by Crippen LogP contribution is 2.24. The summed E-state index contributed by atoms with van der Waals surface area (Å²) in [4.78, 5) is 0. The molecule has 0 atom stereocenters. The number of ether oxygens (including phenoxy) is 1. The summed E-state index contributed by atoms with van der Waals surface area (Å²) in [6.45, 7) is 0. The molecule has 2 aromatic rings. The number of rotatable bonds is 3. The van der Waals surface area contributed by atoms with E-state index in [0.717, 1.165) is 0 Å². The largest absolute Gasteiger partial charge is 0.573 e. The van der Waals surface area contributed by atoms with Crippen LogP contribution in [-0.4, -0.2) is 22.4 Å². The predicted octanol–water partition coefficient (Wildman–Crippen LogP) is 3.18. The van der Waals surface area contributed by atoms with Gasteiger partial charge in [0.2, 0.25) is 0 Å². The third-order valence-electron chi connectivity index (χ3n) is 2.32. The average molecular weight is 270 g/mol. The SMILES string of the molecule is O/N=C\c1cccn1-c1ccc(OC(F)(F)F)cc1. The normalized spacial score (nSPS) is 11.9. The van der Waals surface area contributed by atoms with Crippen LogP contribution in [0.2, 0.25) is 0 Å². The van der Waals surface area contributed by atoms with Crippen molar-refractivity contribution >= 4 is 6.21 Å². The van der Waals surface area contributed by atoms with E-state index in [9.17, 15) is 13.2 Å². The lowest BCUT2D eigenvalue weighted by molar-refractivity contribution is -0.274. The first-order valence-corrected chi connectivity index (χ1v) is 5.20. The molecule has 0 aliphatic carbocycles. The van der Waals surface area contributed by atoms with Crippen molar-refractivity contribution in [3.63, 3.8) is 0 Å². The number of nitrogens with zero attached hydrogens (tertiary/aromatic N) is 2. The van der Waals surface area contributed by atoms with Gasteiger partial charge in [0.1, 0.15) is 5.75 Å². The highest BCUT2D eigenvalue weighted by Gasteiger charge is 2.30. The summed E-state index contributed by atoms with van der Waals surface area (Å²) in [7, 11) is 0. The molecule has 7 heteroatoms. The van der Waals surface area contributed by atoms with E-state index in [1.165, 1.54) is 30.5 Å². The molecule has 1 heterocycles. The number of oxime groups is 1. The Morgan fingerprint density at radius 3 is 2.42 bits per heavy atom. The molecule has 0 saturated carbocycles. The molecule has 0 saturated heterocycles. The van der Waals surface area contributed by atoms with Gasteiger partial charge in [-0.1, -0.05) is 5.16 Å². The maximum atomic E-state index is 12.0. The summed E-state index contributed by atoms with van der Waals surface area (Å²) in [6, 6.07) is 8.77. The van der Waals surface area contributed by atoms with Gasteiger partial charge >= 0.3 is 6.36 Å². The van der Waals surface area contributed by atoms with E-state index in [2.05, 4.69) is 9.89 Å². The predicted molar refractivity (Wildman–Crippen MR) is 61.8 cm³/mol. The summed E-state index contributed by atoms with van der Waals surface area (Å²) in [6.07, 6.45) is -1.79. The fourth-order valence-electron chi connectivity index (χ4n) is 1.60. The van der Waals surface area contributed by atoms with Crippen molar-refractivity contribution in [1.82, 2.24) is 4.57 Å². The average Bonchev–Trinajstić information content (AvgIpc) is 2.77. The van der Waals surface area contributed by atoms with Gasteiger partial charge in [0, 0.05) is 11.9 Å². The smallest absolute Gasteiger partial charge is 0.411 e. The first-order valence-electron chi connectivity index (χ1n) is 5.20. The van der Waals surface area contributed by atoms with Crippen LogP contribution in [0, 0.1) is 0 Å². The third kappa shape index (κ3) is 3.27. The third-order valence-corrected chi connectivity index (χ3v) is 2.32. The summed E-state index contributed by atoms with van der Waals surface area (Å²) in [5.74, 6) is -0.291. The molecule has 1 N–H and O–H groups in total. The highest BCUT2D eigenvalue weighted by molar-refractivity contribution is 5.78. The molecule has 100 valence electrons. The number of benzene rings is 1. The van der Waals surface area contributed by atoms with Gasteiger partial charge in [-0.25, -0.2) is 0 Å². The van der Waals surface area contributed by atoms with Crippen LogP contribution in [0.1, 0.15) is 5.69 Å². The Kier molecular flexibility index (Phi) is 3.46. The van der Waals surface area contributed by atoms with E-state index in [1.807, 2.05) is 0 Å². The first kappa shape index (κ1) is 13.0. The molecule has 19 heavy (non-hydrogen) atoms. The molecule has 4 nitrogen and oxygen atoms in total. The second kappa shape index (κ2) is 5.05. The molecule has 1 aromatic carbocycles. The second-order valence-corrected chi connectivity index (χ2v) is 3.59. The topological polar surface area (TPSA) is 46.8 Å². The molecule has 0 unspecified atom stereocenters. The monoisotopic (exact) mass is 270 g/mol. The molecule has 0 spiro atoms. The minimum Gasteiger partial charge on any atom is -0.411 e. The number of hydrogen-bond acceptors (Lipinski definition) is 3. The van der Waals surface area contributed by atoms with Gasteiger partial charge in [0.15, 0.2) is 0 Å². The Morgan fingerprint density at radius 1 is 1.16 bits per heavy atom. The van der Waals surface area contributed by atoms with Crippen molar-refractivity contribution in [1.29, 1.82) is 0 Å². The lowest BCUT2D eigenvalue weighted by Crippen LogP contribution is -2.17. The van der Waals surface area contributed by atoms with Crippen LogP contribution < -0.4 is 4.74 Å². The van der Waals surface area contributed by atoms with Crippen LogP contribution in [0.15, 0.2) is 47.8 Å². The minimum absolute atomic E-state index is 0.291. The van der Waals surface area contributed by atoms with Gasteiger partial charge in [0.25, 0.3) is 0 Å². The van der Waals surface area contributed by atoms with Crippen molar-refractivity contribution in [2.75, 3.05) is 0 Å². The first-order chi connectivity index (χ1) is 8.99. The van der Waals surface area contributed by atoms with E-state index in [-0.39, 0.29) is 5.75 Å². The van der Waals surface area contributed by atoms with Crippen molar-refractivity contribution < 1.29 is 23.1 Å². The minimum atomic E-state index is -4.70.